The molecule has 1 aliphatic heterocycles. The van der Waals surface area contributed by atoms with E-state index in [2.05, 4.69) is 20.9 Å². The summed E-state index contributed by atoms with van der Waals surface area (Å²) in [6.45, 7) is 5.84. The van der Waals surface area contributed by atoms with Crippen LogP contribution < -0.4 is 21.7 Å². The Morgan fingerprint density at radius 1 is 1.12 bits per heavy atom. The number of aromatic nitrogens is 1. The molecule has 0 radical (unpaired) electrons. The van der Waals surface area contributed by atoms with Crippen molar-refractivity contribution < 1.29 is 28.0 Å². The lowest BCUT2D eigenvalue weighted by Crippen LogP contribution is -2.58. The lowest BCUT2D eigenvalue weighted by atomic mass is 9.91. The molecule has 0 aliphatic carbocycles. The Morgan fingerprint density at radius 3 is 2.54 bits per heavy atom. The topological polar surface area (TPSA) is 149 Å². The Kier molecular flexibility index (Phi) is 8.60. The summed E-state index contributed by atoms with van der Waals surface area (Å²) >= 11 is 0. The van der Waals surface area contributed by atoms with Crippen LogP contribution in [-0.4, -0.2) is 58.3 Å². The van der Waals surface area contributed by atoms with Crippen LogP contribution in [0.3, 0.4) is 0 Å². The first-order chi connectivity index (χ1) is 19.3. The molecule has 3 atom stereocenters. The Morgan fingerprint density at radius 2 is 1.85 bits per heavy atom. The monoisotopic (exact) mass is 568 g/mol. The molecule has 0 bridgehead atoms. The molecule has 6 N–H and O–H groups in total. The normalized spacial score (nSPS) is 17.7. The molecule has 218 valence electrons. The second-order valence-electron chi connectivity index (χ2n) is 11.4. The van der Waals surface area contributed by atoms with Gasteiger partial charge in [-0.05, 0) is 35.6 Å². The van der Waals surface area contributed by atoms with Crippen LogP contribution in [0.15, 0.2) is 48.7 Å². The second kappa shape index (κ2) is 11.9. The fraction of sp³-hybridized carbons (Fsp3) is 0.379. The van der Waals surface area contributed by atoms with Gasteiger partial charge in [0.25, 0.3) is 0 Å². The predicted molar refractivity (Wildman–Crippen MR) is 150 cm³/mol. The van der Waals surface area contributed by atoms with Crippen molar-refractivity contribution in [3.05, 3.63) is 65.9 Å². The van der Waals surface area contributed by atoms with Crippen LogP contribution in [-0.2, 0) is 20.8 Å². The average molecular weight is 569 g/mol. The first kappa shape index (κ1) is 29.5. The quantitative estimate of drug-likeness (QED) is 0.284. The minimum absolute atomic E-state index is 0.107. The van der Waals surface area contributed by atoms with E-state index in [4.69, 9.17) is 5.73 Å². The van der Waals surface area contributed by atoms with E-state index in [-0.39, 0.29) is 42.8 Å². The fourth-order valence-electron chi connectivity index (χ4n) is 5.02. The number of carbonyl (C=O) groups is 4. The second-order valence-corrected chi connectivity index (χ2v) is 11.4. The first-order valence-corrected chi connectivity index (χ1v) is 13.3. The number of benzene rings is 2. The van der Waals surface area contributed by atoms with Crippen LogP contribution in [0.5, 0.6) is 0 Å². The van der Waals surface area contributed by atoms with Crippen molar-refractivity contribution in [3.8, 4) is 0 Å². The van der Waals surface area contributed by atoms with Gasteiger partial charge in [0.1, 0.15) is 23.7 Å². The Balaban J connectivity index is 1.54. The van der Waals surface area contributed by atoms with Crippen molar-refractivity contribution in [3.63, 3.8) is 0 Å². The fourth-order valence-corrected chi connectivity index (χ4v) is 5.02. The van der Waals surface area contributed by atoms with Gasteiger partial charge in [-0.3, -0.25) is 14.4 Å². The molecule has 2 heterocycles. The number of rotatable bonds is 8. The Labute approximate surface area is 236 Å². The number of urea groups is 1. The van der Waals surface area contributed by atoms with E-state index in [9.17, 15) is 28.0 Å². The van der Waals surface area contributed by atoms with Crippen molar-refractivity contribution in [2.75, 3.05) is 11.9 Å². The van der Waals surface area contributed by atoms with Gasteiger partial charge >= 0.3 is 6.03 Å². The number of aromatic amines is 1. The zero-order valence-electron chi connectivity index (χ0n) is 23.1. The molecule has 1 aromatic heterocycles. The molecule has 1 fully saturated rings. The highest BCUT2D eigenvalue weighted by atomic mass is 19.1. The van der Waals surface area contributed by atoms with Gasteiger partial charge in [-0.1, -0.05) is 39.0 Å². The number of nitrogens with two attached hydrogens (primary N) is 1. The van der Waals surface area contributed by atoms with Crippen molar-refractivity contribution in [1.82, 2.24) is 20.5 Å². The zero-order chi connectivity index (χ0) is 29.9. The molecule has 12 heteroatoms. The van der Waals surface area contributed by atoms with Crippen LogP contribution in [0.1, 0.15) is 39.2 Å². The van der Waals surface area contributed by atoms with Gasteiger partial charge in [-0.15, -0.1) is 0 Å². The summed E-state index contributed by atoms with van der Waals surface area (Å²) in [6, 6.07) is 6.24. The summed E-state index contributed by atoms with van der Waals surface area (Å²) in [4.78, 5) is 56.6. The number of hydrogen-bond acceptors (Lipinski definition) is 4. The van der Waals surface area contributed by atoms with E-state index < -0.39 is 47.6 Å². The van der Waals surface area contributed by atoms with Gasteiger partial charge in [0, 0.05) is 42.6 Å². The molecule has 5 amide bonds. The highest BCUT2D eigenvalue weighted by molar-refractivity contribution is 5.95. The number of H-pyrrole nitrogens is 1. The number of anilines is 1. The van der Waals surface area contributed by atoms with Crippen LogP contribution >= 0.6 is 0 Å². The molecular weight excluding hydrogens is 534 g/mol. The number of carbonyl (C=O) groups excluding carboxylic acids is 4. The number of nitrogens with zero attached hydrogens (tertiary/aromatic N) is 1. The minimum Gasteiger partial charge on any atom is -0.368 e. The van der Waals surface area contributed by atoms with E-state index in [0.29, 0.717) is 6.07 Å². The number of fused-ring (bicyclic) bond motifs is 1. The van der Waals surface area contributed by atoms with Crippen molar-refractivity contribution in [2.45, 2.75) is 58.2 Å². The Hall–Kier alpha value is -4.48. The smallest absolute Gasteiger partial charge is 0.319 e. The highest BCUT2D eigenvalue weighted by Crippen LogP contribution is 2.26. The van der Waals surface area contributed by atoms with E-state index in [1.165, 1.54) is 4.90 Å². The first-order valence-electron chi connectivity index (χ1n) is 13.3. The van der Waals surface area contributed by atoms with Gasteiger partial charge in [-0.25, -0.2) is 13.6 Å². The molecule has 41 heavy (non-hydrogen) atoms. The maximum absolute atomic E-state index is 14.1. The lowest BCUT2D eigenvalue weighted by molar-refractivity contribution is -0.141. The molecule has 0 spiro atoms. The molecule has 10 nitrogen and oxygen atoms in total. The van der Waals surface area contributed by atoms with E-state index in [1.54, 1.807) is 6.20 Å². The zero-order valence-corrected chi connectivity index (χ0v) is 23.1. The summed E-state index contributed by atoms with van der Waals surface area (Å²) < 4.78 is 27.3. The largest absolute Gasteiger partial charge is 0.368 e. The van der Waals surface area contributed by atoms with Crippen molar-refractivity contribution >= 4 is 40.3 Å². The molecular formula is C29H34F2N6O4. The molecule has 4 rings (SSSR count). The molecule has 1 aliphatic rings. The maximum Gasteiger partial charge on any atom is 0.319 e. The van der Waals surface area contributed by atoms with Gasteiger partial charge in [-0.2, -0.15) is 0 Å². The number of primary amides is 1. The van der Waals surface area contributed by atoms with Crippen LogP contribution in [0.2, 0.25) is 0 Å². The molecule has 0 saturated carbocycles. The summed E-state index contributed by atoms with van der Waals surface area (Å²) in [5, 5.41) is 8.50. The molecule has 2 aromatic carbocycles. The number of para-hydroxylation sites is 1. The molecule has 1 saturated heterocycles. The average Bonchev–Trinajstić information content (AvgIpc) is 3.48. The van der Waals surface area contributed by atoms with E-state index in [0.717, 1.165) is 28.6 Å². The lowest BCUT2D eigenvalue weighted by Gasteiger charge is -2.31. The summed E-state index contributed by atoms with van der Waals surface area (Å²) in [7, 11) is 0. The van der Waals surface area contributed by atoms with Gasteiger partial charge in [0.2, 0.25) is 17.7 Å². The number of hydrogen-bond donors (Lipinski definition) is 5. The number of likely N-dealkylation sites (tertiary alicyclic amines) is 1. The van der Waals surface area contributed by atoms with Crippen molar-refractivity contribution in [1.29, 1.82) is 0 Å². The minimum atomic E-state index is -1.15. The predicted octanol–water partition coefficient (Wildman–Crippen LogP) is 3.19. The Bertz CT molecular complexity index is 1470. The SMILES string of the molecule is CC(C)(C)CC(=O)N1CCC(NC(=O)Nc2ccc(F)cc2F)C1C(=O)NC(Cc1c[nH]c2ccccc12)C(N)=O. The summed E-state index contributed by atoms with van der Waals surface area (Å²) in [5.74, 6) is -3.48. The number of halogens is 2. The van der Waals surface area contributed by atoms with Gasteiger partial charge < -0.3 is 31.6 Å². The summed E-state index contributed by atoms with van der Waals surface area (Å²) in [5.41, 5.74) is 6.67. The summed E-state index contributed by atoms with van der Waals surface area (Å²) in [6.07, 6.45) is 2.23. The van der Waals surface area contributed by atoms with Crippen LogP contribution in [0, 0.1) is 17.0 Å². The van der Waals surface area contributed by atoms with E-state index in [1.807, 2.05) is 45.0 Å². The van der Waals surface area contributed by atoms with Gasteiger partial charge in [0.15, 0.2) is 0 Å². The third kappa shape index (κ3) is 7.19. The molecule has 3 unspecified atom stereocenters. The maximum atomic E-state index is 14.1. The third-order valence-electron chi connectivity index (χ3n) is 6.92. The van der Waals surface area contributed by atoms with Crippen molar-refractivity contribution in [2.24, 2.45) is 11.1 Å². The standard InChI is InChI=1S/C29H34F2N6O4/c1-29(2,3)14-24(38)37-11-10-22(36-28(41)35-21-9-8-17(30)13-19(21)31)25(37)27(40)34-23(26(32)39)12-16-15-33-20-7-5-4-6-18(16)20/h4-9,13,15,22-23,25,33H,10-12,14H2,1-3H3,(H2,32,39)(H,34,40)(H2,35,36,41). The van der Waals surface area contributed by atoms with Gasteiger partial charge in [0.05, 0.1) is 11.7 Å². The van der Waals surface area contributed by atoms with E-state index >= 15 is 0 Å². The third-order valence-corrected chi connectivity index (χ3v) is 6.92. The van der Waals surface area contributed by atoms with Crippen LogP contribution in [0.25, 0.3) is 10.9 Å². The molecule has 3 aromatic rings. The highest BCUT2D eigenvalue weighted by Gasteiger charge is 2.44. The van der Waals surface area contributed by atoms with Crippen LogP contribution in [0.4, 0.5) is 19.3 Å². The number of nitrogens with one attached hydrogen (secondary N) is 4. The number of amides is 5.